The van der Waals surface area contributed by atoms with Crippen molar-refractivity contribution in [3.63, 3.8) is 0 Å². The molecule has 1 aromatic heterocycles. The van der Waals surface area contributed by atoms with Crippen molar-refractivity contribution in [2.45, 2.75) is 23.8 Å². The third kappa shape index (κ3) is 3.97. The molecule has 9 heteroatoms. The van der Waals surface area contributed by atoms with Crippen LogP contribution in [-0.4, -0.2) is 41.8 Å². The predicted molar refractivity (Wildman–Crippen MR) is 93.9 cm³/mol. The maximum absolute atomic E-state index is 12.7. The van der Waals surface area contributed by atoms with Gasteiger partial charge in [-0.05, 0) is 37.1 Å². The maximum atomic E-state index is 12.7. The summed E-state index contributed by atoms with van der Waals surface area (Å²) < 4.78 is 26.9. The average molecular weight is 387 g/mol. The van der Waals surface area contributed by atoms with Gasteiger partial charge in [-0.15, -0.1) is 0 Å². The highest BCUT2D eigenvalue weighted by Crippen LogP contribution is 2.27. The van der Waals surface area contributed by atoms with Gasteiger partial charge in [0.1, 0.15) is 12.1 Å². The SMILES string of the molecule is O=S(=O)(c1cc(Cl)cc(Cl)c1)N1CCC(Nc2ccncn2)CC1. The molecule has 1 N–H and O–H groups in total. The third-order valence-corrected chi connectivity index (χ3v) is 6.17. The van der Waals surface area contributed by atoms with Crippen LogP contribution in [0.4, 0.5) is 5.82 Å². The van der Waals surface area contributed by atoms with Crippen molar-refractivity contribution in [2.75, 3.05) is 18.4 Å². The molecule has 0 radical (unpaired) electrons. The van der Waals surface area contributed by atoms with Gasteiger partial charge in [0.15, 0.2) is 0 Å². The van der Waals surface area contributed by atoms with E-state index in [9.17, 15) is 8.42 Å². The highest BCUT2D eigenvalue weighted by molar-refractivity contribution is 7.89. The van der Waals surface area contributed by atoms with Crippen LogP contribution in [0.15, 0.2) is 41.7 Å². The quantitative estimate of drug-likeness (QED) is 0.873. The van der Waals surface area contributed by atoms with Gasteiger partial charge >= 0.3 is 0 Å². The summed E-state index contributed by atoms with van der Waals surface area (Å²) in [4.78, 5) is 8.12. The molecule has 0 bridgehead atoms. The standard InChI is InChI=1S/C15H16Cl2N4O2S/c16-11-7-12(17)9-14(8-11)24(22,23)21-5-2-13(3-6-21)20-15-1-4-18-10-19-15/h1,4,7-10,13H,2-3,5-6H2,(H,18,19,20). The molecule has 0 spiro atoms. The molecule has 1 aliphatic rings. The van der Waals surface area contributed by atoms with E-state index in [0.29, 0.717) is 36.0 Å². The summed E-state index contributed by atoms with van der Waals surface area (Å²) >= 11 is 11.8. The number of rotatable bonds is 4. The van der Waals surface area contributed by atoms with Crippen molar-refractivity contribution in [1.29, 1.82) is 0 Å². The van der Waals surface area contributed by atoms with Crippen LogP contribution in [0.1, 0.15) is 12.8 Å². The molecule has 0 aliphatic carbocycles. The molecule has 2 aromatic rings. The van der Waals surface area contributed by atoms with Crippen LogP contribution in [0.2, 0.25) is 10.0 Å². The Hall–Kier alpha value is -1.41. The van der Waals surface area contributed by atoms with Gasteiger partial charge in [-0.1, -0.05) is 23.2 Å². The van der Waals surface area contributed by atoms with Crippen LogP contribution in [0.25, 0.3) is 0 Å². The Morgan fingerprint density at radius 2 is 1.79 bits per heavy atom. The first-order valence-electron chi connectivity index (χ1n) is 7.44. The molecule has 128 valence electrons. The Kier molecular flexibility index (Phi) is 5.24. The Morgan fingerprint density at radius 1 is 1.12 bits per heavy atom. The summed E-state index contributed by atoms with van der Waals surface area (Å²) in [7, 11) is -3.59. The van der Waals surface area contributed by atoms with Gasteiger partial charge in [-0.3, -0.25) is 0 Å². The fraction of sp³-hybridized carbons (Fsp3) is 0.333. The van der Waals surface area contributed by atoms with Crippen molar-refractivity contribution in [1.82, 2.24) is 14.3 Å². The zero-order valence-corrected chi connectivity index (χ0v) is 15.0. The first-order chi connectivity index (χ1) is 11.4. The lowest BCUT2D eigenvalue weighted by Gasteiger charge is -2.31. The average Bonchev–Trinajstić information content (AvgIpc) is 2.55. The summed E-state index contributed by atoms with van der Waals surface area (Å²) in [6, 6.07) is 6.33. The smallest absolute Gasteiger partial charge is 0.243 e. The van der Waals surface area contributed by atoms with E-state index in [1.54, 1.807) is 12.3 Å². The number of hydrogen-bond donors (Lipinski definition) is 1. The van der Waals surface area contributed by atoms with E-state index in [1.165, 1.54) is 28.8 Å². The second-order valence-electron chi connectivity index (χ2n) is 5.52. The molecule has 1 saturated heterocycles. The first kappa shape index (κ1) is 17.4. The second-order valence-corrected chi connectivity index (χ2v) is 8.33. The van der Waals surface area contributed by atoms with Crippen LogP contribution in [-0.2, 0) is 10.0 Å². The molecular formula is C15H16Cl2N4O2S. The van der Waals surface area contributed by atoms with E-state index in [4.69, 9.17) is 23.2 Å². The Morgan fingerprint density at radius 3 is 2.38 bits per heavy atom. The lowest BCUT2D eigenvalue weighted by molar-refractivity contribution is 0.329. The van der Waals surface area contributed by atoms with Crippen molar-refractivity contribution >= 4 is 39.0 Å². The summed E-state index contributed by atoms with van der Waals surface area (Å²) in [5, 5.41) is 3.91. The monoisotopic (exact) mass is 386 g/mol. The van der Waals surface area contributed by atoms with Gasteiger partial charge in [-0.25, -0.2) is 18.4 Å². The van der Waals surface area contributed by atoms with E-state index >= 15 is 0 Å². The van der Waals surface area contributed by atoms with Crippen molar-refractivity contribution in [2.24, 2.45) is 0 Å². The van der Waals surface area contributed by atoms with Gasteiger partial charge in [0.05, 0.1) is 4.90 Å². The van der Waals surface area contributed by atoms with Crippen molar-refractivity contribution < 1.29 is 8.42 Å². The Bertz CT molecular complexity index is 789. The number of aromatic nitrogens is 2. The van der Waals surface area contributed by atoms with E-state index in [1.807, 2.05) is 0 Å². The highest BCUT2D eigenvalue weighted by Gasteiger charge is 2.29. The van der Waals surface area contributed by atoms with E-state index in [-0.39, 0.29) is 10.9 Å². The highest BCUT2D eigenvalue weighted by atomic mass is 35.5. The number of benzene rings is 1. The molecule has 1 fully saturated rings. The van der Waals surface area contributed by atoms with Crippen LogP contribution in [0.3, 0.4) is 0 Å². The zero-order chi connectivity index (χ0) is 17.2. The van der Waals surface area contributed by atoms with Crippen LogP contribution in [0.5, 0.6) is 0 Å². The topological polar surface area (TPSA) is 75.2 Å². The van der Waals surface area contributed by atoms with Crippen molar-refractivity contribution in [3.05, 3.63) is 46.8 Å². The molecule has 6 nitrogen and oxygen atoms in total. The molecule has 0 unspecified atom stereocenters. The van der Waals surface area contributed by atoms with Gasteiger partial charge in [-0.2, -0.15) is 4.31 Å². The number of sulfonamides is 1. The predicted octanol–water partition coefficient (Wildman–Crippen LogP) is 3.05. The molecule has 24 heavy (non-hydrogen) atoms. The normalized spacial score (nSPS) is 16.9. The molecule has 1 aromatic carbocycles. The minimum atomic E-state index is -3.59. The van der Waals surface area contributed by atoms with Crippen LogP contribution >= 0.6 is 23.2 Å². The van der Waals surface area contributed by atoms with Crippen LogP contribution in [0, 0.1) is 0 Å². The Labute approximate surface area is 150 Å². The van der Waals surface area contributed by atoms with E-state index in [2.05, 4.69) is 15.3 Å². The number of halogens is 2. The molecular weight excluding hydrogens is 371 g/mol. The first-order valence-corrected chi connectivity index (χ1v) is 9.63. The minimum absolute atomic E-state index is 0.127. The number of anilines is 1. The molecule has 0 saturated carbocycles. The summed E-state index contributed by atoms with van der Waals surface area (Å²) in [5.74, 6) is 0.743. The van der Waals surface area contributed by atoms with E-state index < -0.39 is 10.0 Å². The van der Waals surface area contributed by atoms with Gasteiger partial charge < -0.3 is 5.32 Å². The maximum Gasteiger partial charge on any atom is 0.243 e. The summed E-state index contributed by atoms with van der Waals surface area (Å²) in [6.45, 7) is 0.852. The van der Waals surface area contributed by atoms with Gasteiger partial charge in [0, 0.05) is 35.4 Å². The summed E-state index contributed by atoms with van der Waals surface area (Å²) in [6.07, 6.45) is 4.53. The second kappa shape index (κ2) is 7.23. The lowest BCUT2D eigenvalue weighted by atomic mass is 10.1. The molecule has 0 amide bonds. The fourth-order valence-electron chi connectivity index (χ4n) is 2.65. The fourth-order valence-corrected chi connectivity index (χ4v) is 4.85. The lowest BCUT2D eigenvalue weighted by Crippen LogP contribution is -2.42. The summed E-state index contributed by atoms with van der Waals surface area (Å²) in [5.41, 5.74) is 0. The van der Waals surface area contributed by atoms with Gasteiger partial charge in [0.25, 0.3) is 0 Å². The number of piperidine rings is 1. The molecule has 1 aliphatic heterocycles. The molecule has 3 rings (SSSR count). The van der Waals surface area contributed by atoms with E-state index in [0.717, 1.165) is 5.82 Å². The Balaban J connectivity index is 1.67. The largest absolute Gasteiger partial charge is 0.367 e. The molecule has 0 atom stereocenters. The number of nitrogens with zero attached hydrogens (tertiary/aromatic N) is 3. The molecule has 2 heterocycles. The van der Waals surface area contributed by atoms with Crippen molar-refractivity contribution in [3.8, 4) is 0 Å². The van der Waals surface area contributed by atoms with Gasteiger partial charge in [0.2, 0.25) is 10.0 Å². The zero-order valence-electron chi connectivity index (χ0n) is 12.7. The number of nitrogens with one attached hydrogen (secondary N) is 1. The number of hydrogen-bond acceptors (Lipinski definition) is 5. The minimum Gasteiger partial charge on any atom is -0.367 e. The third-order valence-electron chi connectivity index (χ3n) is 3.86. The van der Waals surface area contributed by atoms with Crippen LogP contribution < -0.4 is 5.32 Å².